The van der Waals surface area contributed by atoms with Crippen LogP contribution >= 0.6 is 0 Å². The number of rotatable bonds is 7. The minimum Gasteiger partial charge on any atom is -0.385 e. The maximum absolute atomic E-state index is 12.2. The third-order valence-corrected chi connectivity index (χ3v) is 2.71. The van der Waals surface area contributed by atoms with E-state index in [2.05, 4.69) is 20.8 Å². The molecule has 0 aromatic rings. The number of nitrogens with zero attached hydrogens (tertiary/aromatic N) is 1. The Balaban J connectivity index is 4.23. The van der Waals surface area contributed by atoms with Crippen molar-refractivity contribution in [3.8, 4) is 0 Å². The number of ether oxygens (including phenoxy) is 1. The summed E-state index contributed by atoms with van der Waals surface area (Å²) in [6.45, 7) is 8.23. The predicted octanol–water partition coefficient (Wildman–Crippen LogP) is 1.49. The molecule has 0 saturated carbocycles. The standard InChI is InChI=1S/C13H28N2O2/c1-13(2,3)9-11(10-14)12(16)15(4)7-6-8-17-5/h11H,6-10,14H2,1-5H3. The minimum absolute atomic E-state index is 0.0671. The Kier molecular flexibility index (Phi) is 7.39. The van der Waals surface area contributed by atoms with Gasteiger partial charge in [0.2, 0.25) is 5.91 Å². The highest BCUT2D eigenvalue weighted by atomic mass is 16.5. The summed E-state index contributed by atoms with van der Waals surface area (Å²) in [4.78, 5) is 13.9. The number of carbonyl (C=O) groups is 1. The lowest BCUT2D eigenvalue weighted by Gasteiger charge is -2.28. The molecule has 1 unspecified atom stereocenters. The second-order valence-corrected chi connectivity index (χ2v) is 5.80. The molecule has 0 aromatic carbocycles. The molecule has 0 spiro atoms. The average molecular weight is 244 g/mol. The third-order valence-electron chi connectivity index (χ3n) is 2.71. The monoisotopic (exact) mass is 244 g/mol. The Hall–Kier alpha value is -0.610. The van der Waals surface area contributed by atoms with Crippen molar-refractivity contribution in [2.24, 2.45) is 17.1 Å². The lowest BCUT2D eigenvalue weighted by Crippen LogP contribution is -2.39. The Morgan fingerprint density at radius 2 is 2.00 bits per heavy atom. The van der Waals surface area contributed by atoms with Crippen molar-refractivity contribution in [2.45, 2.75) is 33.6 Å². The maximum Gasteiger partial charge on any atom is 0.226 e. The molecule has 4 heteroatoms. The second kappa shape index (κ2) is 7.67. The summed E-state index contributed by atoms with van der Waals surface area (Å²) in [5, 5.41) is 0. The van der Waals surface area contributed by atoms with Gasteiger partial charge in [-0.05, 0) is 18.3 Å². The van der Waals surface area contributed by atoms with Gasteiger partial charge in [-0.15, -0.1) is 0 Å². The van der Waals surface area contributed by atoms with Crippen molar-refractivity contribution in [1.29, 1.82) is 0 Å². The molecule has 0 aliphatic heterocycles. The van der Waals surface area contributed by atoms with Gasteiger partial charge in [-0.3, -0.25) is 4.79 Å². The summed E-state index contributed by atoms with van der Waals surface area (Å²) >= 11 is 0. The van der Waals surface area contributed by atoms with Crippen molar-refractivity contribution in [2.75, 3.05) is 33.9 Å². The van der Waals surface area contributed by atoms with Crippen LogP contribution in [0, 0.1) is 11.3 Å². The number of methoxy groups -OCH3 is 1. The van der Waals surface area contributed by atoms with Crippen molar-refractivity contribution < 1.29 is 9.53 Å². The van der Waals surface area contributed by atoms with E-state index in [0.29, 0.717) is 13.2 Å². The average Bonchev–Trinajstić information content (AvgIpc) is 2.23. The SMILES string of the molecule is COCCCN(C)C(=O)C(CN)CC(C)(C)C. The predicted molar refractivity (Wildman–Crippen MR) is 70.7 cm³/mol. The smallest absolute Gasteiger partial charge is 0.226 e. The van der Waals surface area contributed by atoms with Gasteiger partial charge in [0.1, 0.15) is 0 Å². The first-order valence-corrected chi connectivity index (χ1v) is 6.26. The fourth-order valence-corrected chi connectivity index (χ4v) is 1.88. The van der Waals surface area contributed by atoms with Crippen LogP contribution in [0.2, 0.25) is 0 Å². The van der Waals surface area contributed by atoms with Crippen LogP contribution in [0.15, 0.2) is 0 Å². The molecule has 0 rings (SSSR count). The van der Waals surface area contributed by atoms with E-state index in [1.165, 1.54) is 0 Å². The van der Waals surface area contributed by atoms with E-state index in [9.17, 15) is 4.79 Å². The van der Waals surface area contributed by atoms with Crippen LogP contribution in [-0.4, -0.2) is 44.7 Å². The summed E-state index contributed by atoms with van der Waals surface area (Å²) in [5.41, 5.74) is 5.83. The summed E-state index contributed by atoms with van der Waals surface area (Å²) in [6.07, 6.45) is 1.70. The van der Waals surface area contributed by atoms with Crippen molar-refractivity contribution in [1.82, 2.24) is 4.90 Å². The van der Waals surface area contributed by atoms with E-state index < -0.39 is 0 Å². The molecule has 0 aliphatic rings. The normalized spacial score (nSPS) is 13.5. The minimum atomic E-state index is -0.0671. The molecule has 0 aliphatic carbocycles. The van der Waals surface area contributed by atoms with E-state index in [4.69, 9.17) is 10.5 Å². The van der Waals surface area contributed by atoms with Crippen molar-refractivity contribution in [3.63, 3.8) is 0 Å². The molecule has 102 valence electrons. The quantitative estimate of drug-likeness (QED) is 0.690. The van der Waals surface area contributed by atoms with E-state index in [1.54, 1.807) is 12.0 Å². The molecule has 0 radical (unpaired) electrons. The van der Waals surface area contributed by atoms with Gasteiger partial charge in [-0.25, -0.2) is 0 Å². The maximum atomic E-state index is 12.2. The topological polar surface area (TPSA) is 55.6 Å². The molecule has 0 aromatic heterocycles. The number of carbonyl (C=O) groups excluding carboxylic acids is 1. The lowest BCUT2D eigenvalue weighted by molar-refractivity contribution is -0.135. The molecule has 2 N–H and O–H groups in total. The van der Waals surface area contributed by atoms with Crippen LogP contribution in [-0.2, 0) is 9.53 Å². The highest BCUT2D eigenvalue weighted by Crippen LogP contribution is 2.24. The number of hydrogen-bond donors (Lipinski definition) is 1. The fourth-order valence-electron chi connectivity index (χ4n) is 1.88. The summed E-state index contributed by atoms with van der Waals surface area (Å²) in [5.74, 6) is 0.0843. The van der Waals surface area contributed by atoms with Gasteiger partial charge in [0.05, 0.1) is 5.92 Å². The Bertz CT molecular complexity index is 224. The molecular weight excluding hydrogens is 216 g/mol. The first-order chi connectivity index (χ1) is 7.81. The van der Waals surface area contributed by atoms with Crippen LogP contribution in [0.25, 0.3) is 0 Å². The van der Waals surface area contributed by atoms with Crippen LogP contribution in [0.3, 0.4) is 0 Å². The number of hydrogen-bond acceptors (Lipinski definition) is 3. The zero-order valence-corrected chi connectivity index (χ0v) is 12.0. The molecular formula is C13H28N2O2. The molecule has 17 heavy (non-hydrogen) atoms. The zero-order chi connectivity index (χ0) is 13.5. The highest BCUT2D eigenvalue weighted by Gasteiger charge is 2.25. The third kappa shape index (κ3) is 7.34. The fraction of sp³-hybridized carbons (Fsp3) is 0.923. The Morgan fingerprint density at radius 1 is 1.41 bits per heavy atom. The van der Waals surface area contributed by atoms with Gasteiger partial charge < -0.3 is 15.4 Å². The number of amides is 1. The Morgan fingerprint density at radius 3 is 2.41 bits per heavy atom. The summed E-state index contributed by atoms with van der Waals surface area (Å²) in [7, 11) is 3.51. The summed E-state index contributed by atoms with van der Waals surface area (Å²) < 4.78 is 4.98. The zero-order valence-electron chi connectivity index (χ0n) is 12.0. The lowest BCUT2D eigenvalue weighted by atomic mass is 9.84. The van der Waals surface area contributed by atoms with Crippen LogP contribution in [0.5, 0.6) is 0 Å². The van der Waals surface area contributed by atoms with Crippen LogP contribution in [0.1, 0.15) is 33.6 Å². The van der Waals surface area contributed by atoms with E-state index in [0.717, 1.165) is 19.4 Å². The summed E-state index contributed by atoms with van der Waals surface area (Å²) in [6, 6.07) is 0. The molecule has 1 atom stereocenters. The first kappa shape index (κ1) is 16.4. The van der Waals surface area contributed by atoms with Gasteiger partial charge in [-0.2, -0.15) is 0 Å². The van der Waals surface area contributed by atoms with E-state index in [1.807, 2.05) is 7.05 Å². The largest absolute Gasteiger partial charge is 0.385 e. The van der Waals surface area contributed by atoms with Crippen molar-refractivity contribution in [3.05, 3.63) is 0 Å². The molecule has 0 fully saturated rings. The van der Waals surface area contributed by atoms with E-state index in [-0.39, 0.29) is 17.2 Å². The molecule has 1 amide bonds. The molecule has 4 nitrogen and oxygen atoms in total. The second-order valence-electron chi connectivity index (χ2n) is 5.80. The van der Waals surface area contributed by atoms with Gasteiger partial charge in [0, 0.05) is 33.9 Å². The van der Waals surface area contributed by atoms with Gasteiger partial charge in [0.15, 0.2) is 0 Å². The Labute approximate surface area is 105 Å². The van der Waals surface area contributed by atoms with Gasteiger partial charge in [-0.1, -0.05) is 20.8 Å². The molecule has 0 bridgehead atoms. The van der Waals surface area contributed by atoms with Gasteiger partial charge >= 0.3 is 0 Å². The highest BCUT2D eigenvalue weighted by molar-refractivity contribution is 5.78. The first-order valence-electron chi connectivity index (χ1n) is 6.26. The van der Waals surface area contributed by atoms with Crippen molar-refractivity contribution >= 4 is 5.91 Å². The van der Waals surface area contributed by atoms with E-state index >= 15 is 0 Å². The molecule has 0 saturated heterocycles. The van der Waals surface area contributed by atoms with Crippen LogP contribution < -0.4 is 5.73 Å². The van der Waals surface area contributed by atoms with Gasteiger partial charge in [0.25, 0.3) is 0 Å². The molecule has 0 heterocycles. The number of nitrogens with two attached hydrogens (primary N) is 1. The van der Waals surface area contributed by atoms with Crippen LogP contribution in [0.4, 0.5) is 0 Å².